The highest BCUT2D eigenvalue weighted by Gasteiger charge is 2.30. The number of pyridine rings is 1. The van der Waals surface area contributed by atoms with Crippen molar-refractivity contribution in [3.63, 3.8) is 0 Å². The van der Waals surface area contributed by atoms with Crippen molar-refractivity contribution < 1.29 is 13.2 Å². The lowest BCUT2D eigenvalue weighted by Crippen LogP contribution is -2.50. The Morgan fingerprint density at radius 1 is 1.04 bits per heavy atom. The molecule has 1 aliphatic rings. The van der Waals surface area contributed by atoms with Crippen LogP contribution in [-0.4, -0.2) is 41.2 Å². The summed E-state index contributed by atoms with van der Waals surface area (Å²) in [4.78, 5) is 8.43. The van der Waals surface area contributed by atoms with Gasteiger partial charge in [-0.1, -0.05) is 12.1 Å². The fourth-order valence-electron chi connectivity index (χ4n) is 2.66. The van der Waals surface area contributed by atoms with Crippen LogP contribution in [0.5, 0.6) is 0 Å². The van der Waals surface area contributed by atoms with Crippen molar-refractivity contribution >= 4 is 28.8 Å². The van der Waals surface area contributed by atoms with Crippen LogP contribution in [0.15, 0.2) is 48.7 Å². The highest BCUT2D eigenvalue weighted by atomic mass is 32.1. The molecular weight excluding hydrogens is 349 g/mol. The van der Waals surface area contributed by atoms with Gasteiger partial charge in [0, 0.05) is 38.1 Å². The van der Waals surface area contributed by atoms with E-state index < -0.39 is 11.7 Å². The number of benzene rings is 1. The molecule has 1 aromatic carbocycles. The van der Waals surface area contributed by atoms with Gasteiger partial charge in [-0.25, -0.2) is 4.98 Å². The molecule has 1 N–H and O–H groups in total. The smallest absolute Gasteiger partial charge is 0.353 e. The summed E-state index contributed by atoms with van der Waals surface area (Å²) in [6, 6.07) is 10.8. The second kappa shape index (κ2) is 7.26. The second-order valence-corrected chi connectivity index (χ2v) is 6.06. The molecule has 0 spiro atoms. The number of thiocarbonyl (C=S) groups is 1. The van der Waals surface area contributed by atoms with Crippen LogP contribution in [0.4, 0.5) is 24.7 Å². The van der Waals surface area contributed by atoms with Gasteiger partial charge in [0.2, 0.25) is 0 Å². The standard InChI is InChI=1S/C17H17F3N4S/c18-17(19,20)13-4-3-5-14(12-13)22-16(25)24-10-8-23(9-11-24)15-6-1-2-7-21-15/h1-7,12H,8-11H2,(H,22,25). The van der Waals surface area contributed by atoms with E-state index in [4.69, 9.17) is 12.2 Å². The Kier molecular flexibility index (Phi) is 5.08. The maximum Gasteiger partial charge on any atom is 0.416 e. The number of piperazine rings is 1. The highest BCUT2D eigenvalue weighted by Crippen LogP contribution is 2.30. The van der Waals surface area contributed by atoms with Crippen LogP contribution in [0, 0.1) is 0 Å². The topological polar surface area (TPSA) is 31.4 Å². The van der Waals surface area contributed by atoms with Gasteiger partial charge in [0.1, 0.15) is 5.82 Å². The largest absolute Gasteiger partial charge is 0.416 e. The number of anilines is 2. The van der Waals surface area contributed by atoms with Gasteiger partial charge in [-0.05, 0) is 42.5 Å². The fourth-order valence-corrected chi connectivity index (χ4v) is 2.96. The van der Waals surface area contributed by atoms with Gasteiger partial charge in [-0.2, -0.15) is 13.2 Å². The first-order chi connectivity index (χ1) is 11.9. The minimum atomic E-state index is -4.37. The number of rotatable bonds is 2. The fraction of sp³-hybridized carbons (Fsp3) is 0.294. The zero-order valence-corrected chi connectivity index (χ0v) is 14.1. The molecule has 3 rings (SSSR count). The summed E-state index contributed by atoms with van der Waals surface area (Å²) in [6.07, 6.45) is -2.62. The van der Waals surface area contributed by atoms with Crippen LogP contribution < -0.4 is 10.2 Å². The number of halogens is 3. The average molecular weight is 366 g/mol. The third kappa shape index (κ3) is 4.39. The molecule has 25 heavy (non-hydrogen) atoms. The van der Waals surface area contributed by atoms with Gasteiger partial charge in [-0.15, -0.1) is 0 Å². The summed E-state index contributed by atoms with van der Waals surface area (Å²) in [5.74, 6) is 0.916. The van der Waals surface area contributed by atoms with Gasteiger partial charge in [0.15, 0.2) is 5.11 Å². The van der Waals surface area contributed by atoms with Crippen LogP contribution in [0.3, 0.4) is 0 Å². The van der Waals surface area contributed by atoms with Crippen molar-refractivity contribution in [1.82, 2.24) is 9.88 Å². The third-order valence-corrected chi connectivity index (χ3v) is 4.34. The molecule has 4 nitrogen and oxygen atoms in total. The number of hydrogen-bond acceptors (Lipinski definition) is 3. The molecular formula is C17H17F3N4S. The molecule has 1 aliphatic heterocycles. The predicted molar refractivity (Wildman–Crippen MR) is 95.7 cm³/mol. The maximum absolute atomic E-state index is 12.8. The molecule has 1 aromatic heterocycles. The van der Waals surface area contributed by atoms with E-state index in [9.17, 15) is 13.2 Å². The summed E-state index contributed by atoms with van der Waals surface area (Å²) < 4.78 is 38.3. The van der Waals surface area contributed by atoms with Crippen LogP contribution >= 0.6 is 12.2 Å². The monoisotopic (exact) mass is 366 g/mol. The Balaban J connectivity index is 1.58. The minimum Gasteiger partial charge on any atom is -0.353 e. The summed E-state index contributed by atoms with van der Waals surface area (Å²) in [5, 5.41) is 3.33. The van der Waals surface area contributed by atoms with E-state index in [-0.39, 0.29) is 0 Å². The van der Waals surface area contributed by atoms with E-state index in [0.29, 0.717) is 23.9 Å². The molecule has 0 aliphatic carbocycles. The van der Waals surface area contributed by atoms with Gasteiger partial charge >= 0.3 is 6.18 Å². The number of hydrogen-bond donors (Lipinski definition) is 1. The quantitative estimate of drug-likeness (QED) is 0.821. The Morgan fingerprint density at radius 3 is 2.44 bits per heavy atom. The molecule has 1 fully saturated rings. The lowest BCUT2D eigenvalue weighted by Gasteiger charge is -2.36. The molecule has 8 heteroatoms. The van der Waals surface area contributed by atoms with Crippen LogP contribution in [0.25, 0.3) is 0 Å². The van der Waals surface area contributed by atoms with E-state index in [1.165, 1.54) is 6.07 Å². The zero-order chi connectivity index (χ0) is 17.9. The Bertz CT molecular complexity index is 728. The Hall–Kier alpha value is -2.35. The SMILES string of the molecule is FC(F)(F)c1cccc(NC(=S)N2CCN(c3ccccn3)CC2)c1. The lowest BCUT2D eigenvalue weighted by molar-refractivity contribution is -0.137. The summed E-state index contributed by atoms with van der Waals surface area (Å²) in [5.41, 5.74) is -0.354. The van der Waals surface area contributed by atoms with E-state index in [2.05, 4.69) is 15.2 Å². The zero-order valence-electron chi connectivity index (χ0n) is 13.3. The molecule has 0 unspecified atom stereocenters. The molecule has 0 atom stereocenters. The molecule has 132 valence electrons. The Labute approximate surface area is 149 Å². The van der Waals surface area contributed by atoms with Crippen molar-refractivity contribution in [3.8, 4) is 0 Å². The summed E-state index contributed by atoms with van der Waals surface area (Å²) >= 11 is 5.35. The second-order valence-electron chi connectivity index (χ2n) is 5.67. The summed E-state index contributed by atoms with van der Waals surface area (Å²) in [6.45, 7) is 2.87. The van der Waals surface area contributed by atoms with E-state index in [1.54, 1.807) is 12.3 Å². The van der Waals surface area contributed by atoms with Crippen LogP contribution in [0.1, 0.15) is 5.56 Å². The lowest BCUT2D eigenvalue weighted by atomic mass is 10.2. The summed E-state index contributed by atoms with van der Waals surface area (Å²) in [7, 11) is 0. The average Bonchev–Trinajstić information content (AvgIpc) is 2.62. The van der Waals surface area contributed by atoms with Crippen molar-refractivity contribution in [1.29, 1.82) is 0 Å². The number of nitrogens with zero attached hydrogens (tertiary/aromatic N) is 3. The normalized spacial score (nSPS) is 15.2. The molecule has 1 saturated heterocycles. The van der Waals surface area contributed by atoms with Crippen molar-refractivity contribution in [3.05, 3.63) is 54.2 Å². The molecule has 0 amide bonds. The van der Waals surface area contributed by atoms with E-state index >= 15 is 0 Å². The molecule has 0 bridgehead atoms. The first-order valence-corrected chi connectivity index (χ1v) is 8.23. The minimum absolute atomic E-state index is 0.340. The van der Waals surface area contributed by atoms with Crippen LogP contribution in [-0.2, 0) is 6.18 Å². The van der Waals surface area contributed by atoms with Gasteiger partial charge in [-0.3, -0.25) is 0 Å². The van der Waals surface area contributed by atoms with Crippen molar-refractivity contribution in [2.24, 2.45) is 0 Å². The van der Waals surface area contributed by atoms with Gasteiger partial charge in [0.25, 0.3) is 0 Å². The number of aromatic nitrogens is 1. The molecule has 2 aromatic rings. The van der Waals surface area contributed by atoms with Crippen LogP contribution in [0.2, 0.25) is 0 Å². The molecule has 0 radical (unpaired) electrons. The van der Waals surface area contributed by atoms with E-state index in [0.717, 1.165) is 31.0 Å². The van der Waals surface area contributed by atoms with Gasteiger partial charge < -0.3 is 15.1 Å². The number of alkyl halides is 3. The first-order valence-electron chi connectivity index (χ1n) is 7.83. The molecule has 2 heterocycles. The van der Waals surface area contributed by atoms with Crippen molar-refractivity contribution in [2.45, 2.75) is 6.18 Å². The first kappa shape index (κ1) is 17.5. The number of nitrogens with one attached hydrogen (secondary N) is 1. The predicted octanol–water partition coefficient (Wildman–Crippen LogP) is 3.62. The Morgan fingerprint density at radius 2 is 1.80 bits per heavy atom. The van der Waals surface area contributed by atoms with Gasteiger partial charge in [0.05, 0.1) is 5.56 Å². The van der Waals surface area contributed by atoms with Crippen molar-refractivity contribution in [2.75, 3.05) is 36.4 Å². The maximum atomic E-state index is 12.8. The third-order valence-electron chi connectivity index (χ3n) is 3.98. The molecule has 0 saturated carbocycles. The highest BCUT2D eigenvalue weighted by molar-refractivity contribution is 7.80. The van der Waals surface area contributed by atoms with E-state index in [1.807, 2.05) is 23.1 Å².